The number of fused-ring (bicyclic) bond motifs is 1. The van der Waals surface area contributed by atoms with Crippen LogP contribution in [-0.4, -0.2) is 26.2 Å². The standard InChI is InChI=1S/C14H10F3N3.CH2O2/c1-9-8-12(20-13(19-9)6-7-18-20)10-2-4-11(5-3-10)14(15,16)17;2-1-3/h2-8H,1H3;1H,(H,2,3). The van der Waals surface area contributed by atoms with Crippen LogP contribution >= 0.6 is 0 Å². The second-order valence-electron chi connectivity index (χ2n) is 4.56. The average molecular weight is 323 g/mol. The van der Waals surface area contributed by atoms with Gasteiger partial charge in [0.05, 0.1) is 17.5 Å². The molecule has 0 fully saturated rings. The molecule has 0 aliphatic heterocycles. The molecule has 3 rings (SSSR count). The van der Waals surface area contributed by atoms with E-state index in [1.54, 1.807) is 22.8 Å². The number of aromatic nitrogens is 3. The van der Waals surface area contributed by atoms with Crippen LogP contribution in [0.3, 0.4) is 0 Å². The number of halogens is 3. The van der Waals surface area contributed by atoms with Crippen LogP contribution in [0.2, 0.25) is 0 Å². The number of nitrogens with zero attached hydrogens (tertiary/aromatic N) is 3. The maximum Gasteiger partial charge on any atom is 0.416 e. The molecule has 0 saturated carbocycles. The van der Waals surface area contributed by atoms with Gasteiger partial charge in [-0.3, -0.25) is 4.79 Å². The van der Waals surface area contributed by atoms with Gasteiger partial charge in [0.25, 0.3) is 6.47 Å². The quantitative estimate of drug-likeness (QED) is 0.697. The first-order valence-electron chi connectivity index (χ1n) is 6.43. The topological polar surface area (TPSA) is 67.5 Å². The summed E-state index contributed by atoms with van der Waals surface area (Å²) in [6.45, 7) is 1.58. The monoisotopic (exact) mass is 323 g/mol. The van der Waals surface area contributed by atoms with Crippen LogP contribution in [0.5, 0.6) is 0 Å². The minimum absolute atomic E-state index is 0.250. The summed E-state index contributed by atoms with van der Waals surface area (Å²) >= 11 is 0. The molecular weight excluding hydrogens is 311 g/mol. The third-order valence-corrected chi connectivity index (χ3v) is 3.00. The predicted molar refractivity (Wildman–Crippen MR) is 76.9 cm³/mol. The molecule has 0 atom stereocenters. The van der Waals surface area contributed by atoms with Gasteiger partial charge >= 0.3 is 6.18 Å². The van der Waals surface area contributed by atoms with Crippen LogP contribution in [0.1, 0.15) is 11.3 Å². The molecule has 0 aliphatic carbocycles. The number of hydrogen-bond acceptors (Lipinski definition) is 3. The fraction of sp³-hybridized carbons (Fsp3) is 0.133. The van der Waals surface area contributed by atoms with Crippen molar-refractivity contribution in [2.45, 2.75) is 13.1 Å². The van der Waals surface area contributed by atoms with Crippen molar-refractivity contribution in [3.8, 4) is 11.3 Å². The molecule has 23 heavy (non-hydrogen) atoms. The Balaban J connectivity index is 0.000000595. The average Bonchev–Trinajstić information content (AvgIpc) is 2.94. The Morgan fingerprint density at radius 2 is 1.78 bits per heavy atom. The third kappa shape index (κ3) is 3.65. The summed E-state index contributed by atoms with van der Waals surface area (Å²) in [7, 11) is 0. The summed E-state index contributed by atoms with van der Waals surface area (Å²) in [5, 5.41) is 11.0. The highest BCUT2D eigenvalue weighted by Gasteiger charge is 2.30. The molecule has 0 saturated heterocycles. The van der Waals surface area contributed by atoms with Crippen LogP contribution in [0.25, 0.3) is 16.9 Å². The Labute approximate surface area is 129 Å². The fourth-order valence-electron chi connectivity index (χ4n) is 2.07. The van der Waals surface area contributed by atoms with Crippen LogP contribution in [0, 0.1) is 6.92 Å². The Kier molecular flexibility index (Phi) is 4.63. The molecule has 0 radical (unpaired) electrons. The summed E-state index contributed by atoms with van der Waals surface area (Å²) in [5.41, 5.74) is 2.17. The van der Waals surface area contributed by atoms with E-state index in [9.17, 15) is 13.2 Å². The van der Waals surface area contributed by atoms with E-state index in [2.05, 4.69) is 10.1 Å². The van der Waals surface area contributed by atoms with Gasteiger partial charge in [-0.25, -0.2) is 9.50 Å². The van der Waals surface area contributed by atoms with Crippen molar-refractivity contribution in [1.82, 2.24) is 14.6 Å². The van der Waals surface area contributed by atoms with Gasteiger partial charge in [0, 0.05) is 17.3 Å². The highest BCUT2D eigenvalue weighted by atomic mass is 19.4. The third-order valence-electron chi connectivity index (χ3n) is 3.00. The smallest absolute Gasteiger partial charge is 0.416 e. The lowest BCUT2D eigenvalue weighted by Crippen LogP contribution is -2.04. The Bertz CT molecular complexity index is 811. The van der Waals surface area contributed by atoms with Gasteiger partial charge in [0.1, 0.15) is 0 Å². The summed E-state index contributed by atoms with van der Waals surface area (Å²) in [5.74, 6) is 0. The molecule has 1 N–H and O–H groups in total. The summed E-state index contributed by atoms with van der Waals surface area (Å²) in [6.07, 6.45) is -2.72. The van der Waals surface area contributed by atoms with Crippen molar-refractivity contribution < 1.29 is 23.1 Å². The second-order valence-corrected chi connectivity index (χ2v) is 4.56. The van der Waals surface area contributed by atoms with Gasteiger partial charge in [-0.1, -0.05) is 12.1 Å². The van der Waals surface area contributed by atoms with Crippen molar-refractivity contribution in [3.05, 3.63) is 53.9 Å². The van der Waals surface area contributed by atoms with Crippen molar-refractivity contribution in [2.24, 2.45) is 0 Å². The lowest BCUT2D eigenvalue weighted by atomic mass is 10.1. The number of carbonyl (C=O) groups is 1. The fourth-order valence-corrected chi connectivity index (χ4v) is 2.07. The molecule has 2 heterocycles. The molecule has 2 aromatic heterocycles. The normalized spacial score (nSPS) is 11.0. The lowest BCUT2D eigenvalue weighted by Gasteiger charge is -2.09. The first-order valence-corrected chi connectivity index (χ1v) is 6.43. The van der Waals surface area contributed by atoms with Crippen molar-refractivity contribution in [1.29, 1.82) is 0 Å². The molecule has 8 heteroatoms. The van der Waals surface area contributed by atoms with Gasteiger partial charge in [-0.2, -0.15) is 18.3 Å². The largest absolute Gasteiger partial charge is 0.483 e. The Hall–Kier alpha value is -2.90. The SMILES string of the molecule is Cc1cc(-c2ccc(C(F)(F)F)cc2)n2nccc2n1.O=CO. The van der Waals surface area contributed by atoms with Crippen LogP contribution in [0.15, 0.2) is 42.6 Å². The van der Waals surface area contributed by atoms with E-state index >= 15 is 0 Å². The van der Waals surface area contributed by atoms with Gasteiger partial charge < -0.3 is 5.11 Å². The minimum Gasteiger partial charge on any atom is -0.483 e. The van der Waals surface area contributed by atoms with E-state index in [-0.39, 0.29) is 6.47 Å². The van der Waals surface area contributed by atoms with Crippen LogP contribution in [0.4, 0.5) is 13.2 Å². The number of rotatable bonds is 1. The first-order chi connectivity index (χ1) is 10.9. The molecule has 0 amide bonds. The number of hydrogen-bond donors (Lipinski definition) is 1. The van der Waals surface area contributed by atoms with Crippen molar-refractivity contribution in [2.75, 3.05) is 0 Å². The highest BCUT2D eigenvalue weighted by molar-refractivity contribution is 5.63. The van der Waals surface area contributed by atoms with E-state index in [0.29, 0.717) is 16.9 Å². The van der Waals surface area contributed by atoms with E-state index in [1.165, 1.54) is 12.1 Å². The molecule has 0 aliphatic rings. The number of aryl methyl sites for hydroxylation is 1. The van der Waals surface area contributed by atoms with Crippen LogP contribution < -0.4 is 0 Å². The Morgan fingerprint density at radius 3 is 2.35 bits per heavy atom. The van der Waals surface area contributed by atoms with Gasteiger partial charge in [0.15, 0.2) is 5.65 Å². The number of alkyl halides is 3. The first kappa shape index (κ1) is 16.5. The summed E-state index contributed by atoms with van der Waals surface area (Å²) in [6, 6.07) is 8.57. The molecule has 0 spiro atoms. The lowest BCUT2D eigenvalue weighted by molar-refractivity contribution is -0.137. The van der Waals surface area contributed by atoms with Gasteiger partial charge in [-0.15, -0.1) is 0 Å². The van der Waals surface area contributed by atoms with E-state index in [4.69, 9.17) is 9.90 Å². The molecular formula is C15H12F3N3O2. The van der Waals surface area contributed by atoms with Gasteiger partial charge in [-0.05, 0) is 25.1 Å². The zero-order valence-electron chi connectivity index (χ0n) is 11.9. The van der Waals surface area contributed by atoms with E-state index in [0.717, 1.165) is 17.8 Å². The second kappa shape index (κ2) is 6.47. The zero-order chi connectivity index (χ0) is 17.0. The molecule has 5 nitrogen and oxygen atoms in total. The van der Waals surface area contributed by atoms with E-state index < -0.39 is 11.7 Å². The zero-order valence-corrected chi connectivity index (χ0v) is 11.9. The summed E-state index contributed by atoms with van der Waals surface area (Å²) in [4.78, 5) is 12.7. The Morgan fingerprint density at radius 1 is 1.17 bits per heavy atom. The van der Waals surface area contributed by atoms with E-state index in [1.807, 2.05) is 6.92 Å². The molecule has 0 bridgehead atoms. The minimum atomic E-state index is -4.33. The molecule has 1 aromatic carbocycles. The van der Waals surface area contributed by atoms with Crippen molar-refractivity contribution in [3.63, 3.8) is 0 Å². The molecule has 3 aromatic rings. The number of carboxylic acid groups (broad SMARTS) is 1. The van der Waals surface area contributed by atoms with Crippen molar-refractivity contribution >= 4 is 12.1 Å². The maximum atomic E-state index is 12.6. The predicted octanol–water partition coefficient (Wildman–Crippen LogP) is 3.42. The number of benzene rings is 1. The molecule has 0 unspecified atom stereocenters. The summed E-state index contributed by atoms with van der Waals surface area (Å²) < 4.78 is 39.3. The maximum absolute atomic E-state index is 12.6. The highest BCUT2D eigenvalue weighted by Crippen LogP contribution is 2.31. The van der Waals surface area contributed by atoms with Gasteiger partial charge in [0.2, 0.25) is 0 Å². The molecule has 120 valence electrons. The van der Waals surface area contributed by atoms with Crippen LogP contribution in [-0.2, 0) is 11.0 Å².